The van der Waals surface area contributed by atoms with E-state index in [0.717, 1.165) is 27.8 Å². The van der Waals surface area contributed by atoms with Crippen molar-refractivity contribution in [2.45, 2.75) is 24.5 Å². The molecule has 0 bridgehead atoms. The number of sulfone groups is 1. The molecule has 0 N–H and O–H groups in total. The quantitative estimate of drug-likeness (QED) is 0.651. The van der Waals surface area contributed by atoms with Gasteiger partial charge < -0.3 is 4.52 Å². The first-order chi connectivity index (χ1) is 11.7. The van der Waals surface area contributed by atoms with Crippen LogP contribution >= 0.6 is 0 Å². The van der Waals surface area contributed by atoms with Crippen LogP contribution in [-0.4, -0.2) is 27.9 Å². The molecule has 1 aromatic heterocycles. The maximum absolute atomic E-state index is 11.7. The molecule has 25 heavy (non-hydrogen) atoms. The van der Waals surface area contributed by atoms with Crippen molar-refractivity contribution in [2.75, 3.05) is 6.26 Å². The second-order valence-electron chi connectivity index (χ2n) is 7.15. The molecule has 2 aromatic carbocycles. The first-order valence-corrected chi connectivity index (χ1v) is 13.4. The third-order valence-corrected chi connectivity index (χ3v) is 6.82. The van der Waals surface area contributed by atoms with Gasteiger partial charge in [-0.25, -0.2) is 8.42 Å². The van der Waals surface area contributed by atoms with E-state index in [1.165, 1.54) is 6.26 Å². The Labute approximate surface area is 149 Å². The van der Waals surface area contributed by atoms with E-state index < -0.39 is 17.9 Å². The highest BCUT2D eigenvalue weighted by Gasteiger charge is 2.30. The molecule has 0 aliphatic heterocycles. The molecule has 0 saturated carbocycles. The Hall–Kier alpha value is -2.18. The van der Waals surface area contributed by atoms with Crippen LogP contribution in [0, 0.1) is 0 Å². The molecular formula is C19H21NO3SSi. The molecular weight excluding hydrogens is 350 g/mol. The molecule has 6 heteroatoms. The van der Waals surface area contributed by atoms with Gasteiger partial charge in [-0.05, 0) is 17.7 Å². The molecule has 0 aliphatic rings. The van der Waals surface area contributed by atoms with Crippen molar-refractivity contribution in [1.29, 1.82) is 0 Å². The minimum atomic E-state index is -3.22. The summed E-state index contributed by atoms with van der Waals surface area (Å²) in [5, 5.41) is 5.26. The lowest BCUT2D eigenvalue weighted by Gasteiger charge is -2.14. The number of hydrogen-bond acceptors (Lipinski definition) is 4. The Balaban J connectivity index is 2.21. The smallest absolute Gasteiger partial charge is 0.175 e. The van der Waals surface area contributed by atoms with E-state index in [2.05, 4.69) is 24.8 Å². The molecule has 0 amide bonds. The van der Waals surface area contributed by atoms with E-state index in [-0.39, 0.29) is 0 Å². The van der Waals surface area contributed by atoms with Gasteiger partial charge in [-0.2, -0.15) is 0 Å². The summed E-state index contributed by atoms with van der Waals surface area (Å²) in [6.07, 6.45) is 1.21. The van der Waals surface area contributed by atoms with Gasteiger partial charge in [0.05, 0.1) is 4.90 Å². The standard InChI is InChI=1S/C19H21NO3SSi/c1-24(21,22)16-12-10-14(11-13-16)17-18(15-8-6-5-7-9-15)20-23-19(17)25(2,3)4/h5-13H,1-4H3. The van der Waals surface area contributed by atoms with Gasteiger partial charge in [0, 0.05) is 17.4 Å². The highest BCUT2D eigenvalue weighted by Crippen LogP contribution is 2.32. The fraction of sp³-hybridized carbons (Fsp3) is 0.211. The Morgan fingerprint density at radius 1 is 0.880 bits per heavy atom. The van der Waals surface area contributed by atoms with Crippen LogP contribution in [0.25, 0.3) is 22.4 Å². The lowest BCUT2D eigenvalue weighted by Crippen LogP contribution is -2.37. The van der Waals surface area contributed by atoms with Crippen LogP contribution in [-0.2, 0) is 9.84 Å². The zero-order valence-corrected chi connectivity index (χ0v) is 16.6. The predicted molar refractivity (Wildman–Crippen MR) is 103 cm³/mol. The number of aromatic nitrogens is 1. The Bertz CT molecular complexity index is 985. The maximum atomic E-state index is 11.7. The Kier molecular flexibility index (Phi) is 4.43. The van der Waals surface area contributed by atoms with Crippen molar-refractivity contribution in [1.82, 2.24) is 5.16 Å². The molecule has 3 aromatic rings. The van der Waals surface area contributed by atoms with E-state index in [9.17, 15) is 8.42 Å². The Morgan fingerprint density at radius 2 is 1.48 bits per heavy atom. The van der Waals surface area contributed by atoms with Gasteiger partial charge in [0.2, 0.25) is 0 Å². The van der Waals surface area contributed by atoms with Crippen molar-refractivity contribution < 1.29 is 12.9 Å². The van der Waals surface area contributed by atoms with Crippen molar-refractivity contribution in [2.24, 2.45) is 0 Å². The summed E-state index contributed by atoms with van der Waals surface area (Å²) in [4.78, 5) is 0.309. The van der Waals surface area contributed by atoms with Crippen LogP contribution in [0.2, 0.25) is 19.6 Å². The number of rotatable bonds is 4. The SMILES string of the molecule is C[Si](C)(C)c1onc(-c2ccccc2)c1-c1ccc(S(C)(=O)=O)cc1. The lowest BCUT2D eigenvalue weighted by atomic mass is 10.0. The average Bonchev–Trinajstić information content (AvgIpc) is 3.00. The van der Waals surface area contributed by atoms with Crippen LogP contribution in [0.3, 0.4) is 0 Å². The maximum Gasteiger partial charge on any atom is 0.175 e. The summed E-state index contributed by atoms with van der Waals surface area (Å²) in [6, 6.07) is 16.8. The molecule has 0 fully saturated rings. The minimum Gasteiger partial charge on any atom is -0.365 e. The zero-order valence-electron chi connectivity index (χ0n) is 14.8. The zero-order chi connectivity index (χ0) is 18.2. The molecule has 4 nitrogen and oxygen atoms in total. The fourth-order valence-electron chi connectivity index (χ4n) is 2.73. The first-order valence-electron chi connectivity index (χ1n) is 8.04. The predicted octanol–water partition coefficient (Wildman–Crippen LogP) is 3.96. The van der Waals surface area contributed by atoms with E-state index in [4.69, 9.17) is 4.52 Å². The molecule has 0 radical (unpaired) electrons. The molecule has 1 heterocycles. The van der Waals surface area contributed by atoms with Gasteiger partial charge in [-0.3, -0.25) is 0 Å². The lowest BCUT2D eigenvalue weighted by molar-refractivity contribution is 0.446. The topological polar surface area (TPSA) is 60.2 Å². The Morgan fingerprint density at radius 3 is 2.00 bits per heavy atom. The molecule has 0 aliphatic carbocycles. The van der Waals surface area contributed by atoms with Crippen molar-refractivity contribution in [3.63, 3.8) is 0 Å². The van der Waals surface area contributed by atoms with E-state index >= 15 is 0 Å². The number of benzene rings is 2. The van der Waals surface area contributed by atoms with Crippen LogP contribution in [0.15, 0.2) is 64.0 Å². The summed E-state index contributed by atoms with van der Waals surface area (Å²) in [5.74, 6) is 0. The summed E-state index contributed by atoms with van der Waals surface area (Å²) in [5.41, 5.74) is 3.67. The molecule has 0 spiro atoms. The first kappa shape index (κ1) is 17.6. The highest BCUT2D eigenvalue weighted by molar-refractivity contribution is 7.90. The fourth-order valence-corrected chi connectivity index (χ4v) is 4.69. The van der Waals surface area contributed by atoms with Crippen molar-refractivity contribution >= 4 is 23.3 Å². The largest absolute Gasteiger partial charge is 0.365 e. The molecule has 3 rings (SSSR count). The third kappa shape index (κ3) is 3.60. The van der Waals surface area contributed by atoms with Crippen LogP contribution in [0.4, 0.5) is 0 Å². The number of nitrogens with zero attached hydrogens (tertiary/aromatic N) is 1. The molecule has 0 saturated heterocycles. The van der Waals surface area contributed by atoms with Gasteiger partial charge >= 0.3 is 0 Å². The van der Waals surface area contributed by atoms with Crippen LogP contribution < -0.4 is 5.38 Å². The average molecular weight is 372 g/mol. The van der Waals surface area contributed by atoms with E-state index in [0.29, 0.717) is 4.90 Å². The van der Waals surface area contributed by atoms with Gasteiger partial charge in [0.1, 0.15) is 19.2 Å². The van der Waals surface area contributed by atoms with Gasteiger partial charge in [-0.1, -0.05) is 67.3 Å². The van der Waals surface area contributed by atoms with Gasteiger partial charge in [-0.15, -0.1) is 0 Å². The second-order valence-corrected chi connectivity index (χ2v) is 14.1. The van der Waals surface area contributed by atoms with Gasteiger partial charge in [0.25, 0.3) is 0 Å². The van der Waals surface area contributed by atoms with Crippen LogP contribution in [0.5, 0.6) is 0 Å². The third-order valence-electron chi connectivity index (χ3n) is 3.99. The van der Waals surface area contributed by atoms with Crippen molar-refractivity contribution in [3.05, 3.63) is 54.6 Å². The van der Waals surface area contributed by atoms with E-state index in [1.54, 1.807) is 12.1 Å². The summed E-state index contributed by atoms with van der Waals surface area (Å²) >= 11 is 0. The molecule has 0 atom stereocenters. The van der Waals surface area contributed by atoms with Gasteiger partial charge in [0.15, 0.2) is 9.84 Å². The highest BCUT2D eigenvalue weighted by atomic mass is 32.2. The van der Waals surface area contributed by atoms with E-state index in [1.807, 2.05) is 42.5 Å². The minimum absolute atomic E-state index is 0.309. The normalized spacial score (nSPS) is 12.3. The monoisotopic (exact) mass is 371 g/mol. The van der Waals surface area contributed by atoms with Crippen LogP contribution in [0.1, 0.15) is 0 Å². The molecule has 0 unspecified atom stereocenters. The summed E-state index contributed by atoms with van der Waals surface area (Å²) in [6.45, 7) is 6.62. The second kappa shape index (κ2) is 6.27. The molecule has 130 valence electrons. The summed E-state index contributed by atoms with van der Waals surface area (Å²) < 4.78 is 29.2. The summed E-state index contributed by atoms with van der Waals surface area (Å²) in [7, 11) is -4.99. The number of hydrogen-bond donors (Lipinski definition) is 0. The van der Waals surface area contributed by atoms with Crippen molar-refractivity contribution in [3.8, 4) is 22.4 Å².